The van der Waals surface area contributed by atoms with Crippen molar-refractivity contribution in [3.05, 3.63) is 58.5 Å². The molecule has 6 nitrogen and oxygen atoms in total. The molecule has 1 aliphatic rings. The highest BCUT2D eigenvalue weighted by atomic mass is 32.1. The molecule has 0 aliphatic heterocycles. The summed E-state index contributed by atoms with van der Waals surface area (Å²) in [6.45, 7) is 6.72. The van der Waals surface area contributed by atoms with Crippen LogP contribution in [0.4, 0.5) is 0 Å². The van der Waals surface area contributed by atoms with Gasteiger partial charge in [0, 0.05) is 24.1 Å². The molecule has 1 amide bonds. The van der Waals surface area contributed by atoms with Crippen LogP contribution in [0.15, 0.2) is 39.9 Å². The first-order chi connectivity index (χ1) is 13.3. The Balaban J connectivity index is 1.79. The number of rotatable bonds is 5. The molecule has 1 aliphatic carbocycles. The van der Waals surface area contributed by atoms with Crippen molar-refractivity contribution in [3.8, 4) is 0 Å². The zero-order chi connectivity index (χ0) is 20.3. The van der Waals surface area contributed by atoms with Crippen LogP contribution < -0.4 is 16.5 Å². The molecule has 2 aromatic rings. The highest BCUT2D eigenvalue weighted by Crippen LogP contribution is 2.38. The first kappa shape index (κ1) is 20.1. The predicted octanol–water partition coefficient (Wildman–Crippen LogP) is 3.07. The molecule has 0 spiro atoms. The van der Waals surface area contributed by atoms with Crippen molar-refractivity contribution in [2.75, 3.05) is 6.54 Å². The van der Waals surface area contributed by atoms with Crippen LogP contribution in [0.5, 0.6) is 0 Å². The lowest BCUT2D eigenvalue weighted by atomic mass is 9.75. The molecule has 0 radical (unpaired) electrons. The SMILES string of the molecule is Cc1c(C(=O)NCCc2ccccc2)oc2c1/C(=N\NC(N)=S)CC(C)(C)C2. The van der Waals surface area contributed by atoms with Gasteiger partial charge in [-0.05, 0) is 43.0 Å². The third-order valence-corrected chi connectivity index (χ3v) is 4.93. The summed E-state index contributed by atoms with van der Waals surface area (Å²) in [7, 11) is 0. The van der Waals surface area contributed by atoms with E-state index in [2.05, 4.69) is 29.7 Å². The van der Waals surface area contributed by atoms with Gasteiger partial charge in [0.25, 0.3) is 5.91 Å². The first-order valence-electron chi connectivity index (χ1n) is 9.33. The molecule has 0 bridgehead atoms. The summed E-state index contributed by atoms with van der Waals surface area (Å²) in [6.07, 6.45) is 2.25. The minimum atomic E-state index is -0.206. The van der Waals surface area contributed by atoms with Gasteiger partial charge in [-0.25, -0.2) is 0 Å². The maximum atomic E-state index is 12.7. The van der Waals surface area contributed by atoms with E-state index in [0.29, 0.717) is 12.3 Å². The van der Waals surface area contributed by atoms with Gasteiger partial charge in [-0.2, -0.15) is 5.10 Å². The van der Waals surface area contributed by atoms with Crippen LogP contribution in [-0.4, -0.2) is 23.3 Å². The summed E-state index contributed by atoms with van der Waals surface area (Å²) in [5.74, 6) is 0.923. The second-order valence-corrected chi connectivity index (χ2v) is 8.34. The van der Waals surface area contributed by atoms with Gasteiger partial charge in [-0.3, -0.25) is 10.2 Å². The number of hydrogen-bond acceptors (Lipinski definition) is 4. The summed E-state index contributed by atoms with van der Waals surface area (Å²) < 4.78 is 5.99. The first-order valence-corrected chi connectivity index (χ1v) is 9.74. The smallest absolute Gasteiger partial charge is 0.287 e. The highest BCUT2D eigenvalue weighted by Gasteiger charge is 2.36. The average molecular weight is 399 g/mol. The van der Waals surface area contributed by atoms with Crippen LogP contribution in [0.2, 0.25) is 0 Å². The number of amides is 1. The molecule has 1 aromatic carbocycles. The molecule has 7 heteroatoms. The number of hydrogen-bond donors (Lipinski definition) is 3. The summed E-state index contributed by atoms with van der Waals surface area (Å²) in [5, 5.41) is 7.43. The molecular formula is C21H26N4O2S. The molecule has 148 valence electrons. The van der Waals surface area contributed by atoms with E-state index in [-0.39, 0.29) is 16.4 Å². The van der Waals surface area contributed by atoms with Crippen molar-refractivity contribution >= 4 is 28.9 Å². The van der Waals surface area contributed by atoms with E-state index in [1.54, 1.807) is 0 Å². The number of hydrazone groups is 1. The van der Waals surface area contributed by atoms with E-state index in [1.165, 1.54) is 5.56 Å². The Hall–Kier alpha value is -2.67. The Kier molecular flexibility index (Phi) is 5.84. The quantitative estimate of drug-likeness (QED) is 0.532. The van der Waals surface area contributed by atoms with Crippen LogP contribution in [-0.2, 0) is 12.8 Å². The molecule has 1 aromatic heterocycles. The van der Waals surface area contributed by atoms with Gasteiger partial charge in [0.15, 0.2) is 10.9 Å². The van der Waals surface area contributed by atoms with Gasteiger partial charge in [0.1, 0.15) is 5.76 Å². The lowest BCUT2D eigenvalue weighted by Crippen LogP contribution is -2.31. The highest BCUT2D eigenvalue weighted by molar-refractivity contribution is 7.80. The van der Waals surface area contributed by atoms with Gasteiger partial charge < -0.3 is 15.5 Å². The average Bonchev–Trinajstić information content (AvgIpc) is 2.95. The second-order valence-electron chi connectivity index (χ2n) is 7.90. The van der Waals surface area contributed by atoms with Crippen molar-refractivity contribution in [2.45, 2.75) is 40.0 Å². The molecule has 0 atom stereocenters. The number of nitrogens with zero attached hydrogens (tertiary/aromatic N) is 1. The van der Waals surface area contributed by atoms with Crippen molar-refractivity contribution in [3.63, 3.8) is 0 Å². The standard InChI is InChI=1S/C21H26N4O2S/c1-13-17-15(24-25-20(22)28)11-21(2,3)12-16(17)27-18(13)19(26)23-10-9-14-7-5-4-6-8-14/h4-8H,9-12H2,1-3H3,(H,23,26)(H3,22,25,28)/b24-15-. The maximum Gasteiger partial charge on any atom is 0.287 e. The van der Waals surface area contributed by atoms with Crippen molar-refractivity contribution in [1.29, 1.82) is 0 Å². The van der Waals surface area contributed by atoms with E-state index >= 15 is 0 Å². The molecule has 4 N–H and O–H groups in total. The number of nitrogens with one attached hydrogen (secondary N) is 2. The van der Waals surface area contributed by atoms with E-state index < -0.39 is 0 Å². The summed E-state index contributed by atoms with van der Waals surface area (Å²) in [4.78, 5) is 12.7. The number of furan rings is 1. The Morgan fingerprint density at radius 2 is 2.00 bits per heavy atom. The Labute approximate surface area is 170 Å². The third-order valence-electron chi connectivity index (χ3n) is 4.84. The fourth-order valence-electron chi connectivity index (χ4n) is 3.59. The topological polar surface area (TPSA) is 92.6 Å². The van der Waals surface area contributed by atoms with E-state index in [0.717, 1.165) is 41.9 Å². The Bertz CT molecular complexity index is 916. The second kappa shape index (κ2) is 8.14. The minimum absolute atomic E-state index is 0.0327. The van der Waals surface area contributed by atoms with Crippen LogP contribution in [0.1, 0.15) is 53.3 Å². The number of thiocarbonyl (C=S) groups is 1. The van der Waals surface area contributed by atoms with Gasteiger partial charge in [0.2, 0.25) is 0 Å². The van der Waals surface area contributed by atoms with Crippen molar-refractivity contribution < 1.29 is 9.21 Å². The predicted molar refractivity (Wildman–Crippen MR) is 114 cm³/mol. The van der Waals surface area contributed by atoms with Crippen molar-refractivity contribution in [2.24, 2.45) is 16.3 Å². The normalized spacial score (nSPS) is 16.5. The van der Waals surface area contributed by atoms with Crippen molar-refractivity contribution in [1.82, 2.24) is 10.7 Å². The lowest BCUT2D eigenvalue weighted by molar-refractivity contribution is 0.0922. The maximum absolute atomic E-state index is 12.7. The molecule has 0 unspecified atom stereocenters. The molecule has 3 rings (SSSR count). The third kappa shape index (κ3) is 4.59. The van der Waals surface area contributed by atoms with E-state index in [1.807, 2.05) is 37.3 Å². The molecule has 0 saturated carbocycles. The largest absolute Gasteiger partial charge is 0.455 e. The lowest BCUT2D eigenvalue weighted by Gasteiger charge is -2.29. The Morgan fingerprint density at radius 3 is 2.68 bits per heavy atom. The zero-order valence-corrected chi connectivity index (χ0v) is 17.3. The van der Waals surface area contributed by atoms with Gasteiger partial charge in [-0.1, -0.05) is 44.2 Å². The van der Waals surface area contributed by atoms with Crippen LogP contribution in [0, 0.1) is 12.3 Å². The van der Waals surface area contributed by atoms with Gasteiger partial charge in [-0.15, -0.1) is 0 Å². The van der Waals surface area contributed by atoms with E-state index in [4.69, 9.17) is 22.4 Å². The fraction of sp³-hybridized carbons (Fsp3) is 0.381. The molecular weight excluding hydrogens is 372 g/mol. The van der Waals surface area contributed by atoms with E-state index in [9.17, 15) is 4.79 Å². The van der Waals surface area contributed by atoms with Crippen LogP contribution in [0.25, 0.3) is 0 Å². The number of carbonyl (C=O) groups is 1. The monoisotopic (exact) mass is 398 g/mol. The molecule has 1 heterocycles. The number of carbonyl (C=O) groups excluding carboxylic acids is 1. The summed E-state index contributed by atoms with van der Waals surface area (Å²) in [5.41, 5.74) is 11.8. The van der Waals surface area contributed by atoms with Crippen LogP contribution >= 0.6 is 12.2 Å². The minimum Gasteiger partial charge on any atom is -0.455 e. The molecule has 0 fully saturated rings. The van der Waals surface area contributed by atoms with Crippen LogP contribution in [0.3, 0.4) is 0 Å². The number of benzene rings is 1. The molecule has 0 saturated heterocycles. The number of fused-ring (bicyclic) bond motifs is 1. The van der Waals surface area contributed by atoms with Gasteiger partial charge in [0.05, 0.1) is 5.71 Å². The molecule has 28 heavy (non-hydrogen) atoms. The Morgan fingerprint density at radius 1 is 1.29 bits per heavy atom. The summed E-state index contributed by atoms with van der Waals surface area (Å²) in [6, 6.07) is 10.0. The van der Waals surface area contributed by atoms with Gasteiger partial charge >= 0.3 is 0 Å². The number of nitrogens with two attached hydrogens (primary N) is 1. The summed E-state index contributed by atoms with van der Waals surface area (Å²) >= 11 is 4.86. The zero-order valence-electron chi connectivity index (χ0n) is 16.5. The fourth-order valence-corrected chi connectivity index (χ4v) is 3.64.